The second-order valence-electron chi connectivity index (χ2n) is 2.09. The second kappa shape index (κ2) is 3.69. The molecule has 0 spiro atoms. The van der Waals surface area contributed by atoms with Gasteiger partial charge in [0, 0.05) is 19.8 Å². The lowest BCUT2D eigenvalue weighted by molar-refractivity contribution is 0.859. The molecule has 1 heterocycles. The van der Waals surface area contributed by atoms with E-state index >= 15 is 0 Å². The second-order valence-corrected chi connectivity index (χ2v) is 2.09. The van der Waals surface area contributed by atoms with Gasteiger partial charge in [0.15, 0.2) is 0 Å². The summed E-state index contributed by atoms with van der Waals surface area (Å²) in [6.45, 7) is 0.679. The predicted octanol–water partition coefficient (Wildman–Crippen LogP) is 0.834. The van der Waals surface area contributed by atoms with Gasteiger partial charge >= 0.3 is 0 Å². The van der Waals surface area contributed by atoms with E-state index < -0.39 is 0 Å². The standard InChI is InChI=1S/C8H8N3/c1-10-5-7-2-3-8(4-9)11-6-7/h2-3,6,10H,1,5H2. The summed E-state index contributed by atoms with van der Waals surface area (Å²) in [4.78, 5) is 3.89. The van der Waals surface area contributed by atoms with Crippen molar-refractivity contribution in [1.29, 1.82) is 5.26 Å². The van der Waals surface area contributed by atoms with E-state index in [1.807, 2.05) is 12.1 Å². The fourth-order valence-corrected chi connectivity index (χ4v) is 0.740. The summed E-state index contributed by atoms with van der Waals surface area (Å²) in [6.07, 6.45) is 1.66. The molecule has 1 N–H and O–H groups in total. The minimum atomic E-state index is 0.442. The quantitative estimate of drug-likeness (QED) is 0.672. The SMILES string of the molecule is [CH2]NCc1ccc(C#N)nc1. The van der Waals surface area contributed by atoms with E-state index in [1.54, 1.807) is 12.3 Å². The van der Waals surface area contributed by atoms with Gasteiger partial charge in [-0.05, 0) is 11.6 Å². The summed E-state index contributed by atoms with van der Waals surface area (Å²) in [5.41, 5.74) is 1.47. The number of aromatic nitrogens is 1. The molecule has 55 valence electrons. The summed E-state index contributed by atoms with van der Waals surface area (Å²) in [7, 11) is 3.48. The van der Waals surface area contributed by atoms with Crippen molar-refractivity contribution in [1.82, 2.24) is 10.3 Å². The molecule has 0 atom stereocenters. The molecule has 0 aliphatic carbocycles. The van der Waals surface area contributed by atoms with Gasteiger partial charge in [0.25, 0.3) is 0 Å². The third-order valence-corrected chi connectivity index (χ3v) is 1.27. The first kappa shape index (κ1) is 7.70. The van der Waals surface area contributed by atoms with Crippen LogP contribution in [0.1, 0.15) is 11.3 Å². The summed E-state index contributed by atoms with van der Waals surface area (Å²) in [5.74, 6) is 0. The molecular weight excluding hydrogens is 138 g/mol. The van der Waals surface area contributed by atoms with E-state index in [-0.39, 0.29) is 0 Å². The molecule has 0 aliphatic heterocycles. The van der Waals surface area contributed by atoms with Crippen LogP contribution in [0.25, 0.3) is 0 Å². The van der Waals surface area contributed by atoms with Crippen LogP contribution < -0.4 is 5.32 Å². The van der Waals surface area contributed by atoms with Gasteiger partial charge in [0.1, 0.15) is 11.8 Å². The normalized spacial score (nSPS) is 9.09. The van der Waals surface area contributed by atoms with Gasteiger partial charge < -0.3 is 5.32 Å². The molecule has 0 bridgehead atoms. The Kier molecular flexibility index (Phi) is 2.59. The molecule has 3 heteroatoms. The van der Waals surface area contributed by atoms with E-state index in [4.69, 9.17) is 5.26 Å². The molecule has 1 aromatic rings. The van der Waals surface area contributed by atoms with Crippen molar-refractivity contribution in [2.75, 3.05) is 0 Å². The highest BCUT2D eigenvalue weighted by atomic mass is 14.8. The van der Waals surface area contributed by atoms with Gasteiger partial charge in [-0.1, -0.05) is 6.07 Å². The molecule has 1 radical (unpaired) electrons. The van der Waals surface area contributed by atoms with Gasteiger partial charge in [-0.15, -0.1) is 0 Å². The fourth-order valence-electron chi connectivity index (χ4n) is 0.740. The number of hydrogen-bond donors (Lipinski definition) is 1. The van der Waals surface area contributed by atoms with Gasteiger partial charge in [-0.2, -0.15) is 5.26 Å². The number of nitrogens with zero attached hydrogens (tertiary/aromatic N) is 2. The molecular formula is C8H8N3. The van der Waals surface area contributed by atoms with Crippen molar-refractivity contribution in [3.05, 3.63) is 36.6 Å². The number of hydrogen-bond acceptors (Lipinski definition) is 3. The number of nitriles is 1. The van der Waals surface area contributed by atoms with Gasteiger partial charge in [-0.3, -0.25) is 0 Å². The van der Waals surface area contributed by atoms with Crippen LogP contribution in [0.15, 0.2) is 18.3 Å². The molecule has 3 nitrogen and oxygen atoms in total. The zero-order valence-corrected chi connectivity index (χ0v) is 6.04. The Bertz CT molecular complexity index is 258. The van der Waals surface area contributed by atoms with Crippen molar-refractivity contribution in [3.8, 4) is 6.07 Å². The Labute approximate surface area is 65.7 Å². The van der Waals surface area contributed by atoms with Crippen LogP contribution >= 0.6 is 0 Å². The van der Waals surface area contributed by atoms with Gasteiger partial charge in [-0.25, -0.2) is 4.98 Å². The molecule has 0 saturated carbocycles. The maximum absolute atomic E-state index is 8.42. The molecule has 0 fully saturated rings. The first-order chi connectivity index (χ1) is 5.36. The summed E-state index contributed by atoms with van der Waals surface area (Å²) in [6, 6.07) is 5.49. The smallest absolute Gasteiger partial charge is 0.140 e. The van der Waals surface area contributed by atoms with Crippen LogP contribution in [0.2, 0.25) is 0 Å². The third-order valence-electron chi connectivity index (χ3n) is 1.27. The van der Waals surface area contributed by atoms with E-state index in [2.05, 4.69) is 17.3 Å². The third kappa shape index (κ3) is 2.03. The Morgan fingerprint density at radius 1 is 1.64 bits per heavy atom. The van der Waals surface area contributed by atoms with Crippen LogP contribution in [0, 0.1) is 18.4 Å². The van der Waals surface area contributed by atoms with Crippen molar-refractivity contribution in [2.45, 2.75) is 6.54 Å². The highest BCUT2D eigenvalue weighted by Gasteiger charge is 1.91. The molecule has 0 saturated heterocycles. The monoisotopic (exact) mass is 146 g/mol. The summed E-state index contributed by atoms with van der Waals surface area (Å²) < 4.78 is 0. The van der Waals surface area contributed by atoms with Crippen LogP contribution in [0.5, 0.6) is 0 Å². The van der Waals surface area contributed by atoms with E-state index in [1.165, 1.54) is 0 Å². The Morgan fingerprint density at radius 3 is 2.91 bits per heavy atom. The predicted molar refractivity (Wildman–Crippen MR) is 41.1 cm³/mol. The number of rotatable bonds is 2. The average molecular weight is 146 g/mol. The van der Waals surface area contributed by atoms with Crippen molar-refractivity contribution in [3.63, 3.8) is 0 Å². The number of nitrogens with one attached hydrogen (secondary N) is 1. The highest BCUT2D eigenvalue weighted by molar-refractivity contribution is 5.22. The lowest BCUT2D eigenvalue weighted by Crippen LogP contribution is -2.02. The topological polar surface area (TPSA) is 48.7 Å². The van der Waals surface area contributed by atoms with Crippen molar-refractivity contribution >= 4 is 0 Å². The maximum Gasteiger partial charge on any atom is 0.140 e. The Balaban J connectivity index is 2.76. The minimum Gasteiger partial charge on any atom is -0.311 e. The first-order valence-electron chi connectivity index (χ1n) is 3.22. The van der Waals surface area contributed by atoms with Crippen molar-refractivity contribution in [2.24, 2.45) is 0 Å². The molecule has 11 heavy (non-hydrogen) atoms. The average Bonchev–Trinajstić information content (AvgIpc) is 2.07. The Hall–Kier alpha value is -1.40. The van der Waals surface area contributed by atoms with Crippen LogP contribution in [0.4, 0.5) is 0 Å². The van der Waals surface area contributed by atoms with Gasteiger partial charge in [0.05, 0.1) is 0 Å². The molecule has 1 aromatic heterocycles. The maximum atomic E-state index is 8.42. The van der Waals surface area contributed by atoms with E-state index in [0.29, 0.717) is 12.2 Å². The molecule has 0 unspecified atom stereocenters. The fraction of sp³-hybridized carbons (Fsp3) is 0.125. The van der Waals surface area contributed by atoms with E-state index in [0.717, 1.165) is 5.56 Å². The largest absolute Gasteiger partial charge is 0.311 e. The lowest BCUT2D eigenvalue weighted by atomic mass is 10.2. The van der Waals surface area contributed by atoms with Crippen LogP contribution in [0.3, 0.4) is 0 Å². The highest BCUT2D eigenvalue weighted by Crippen LogP contribution is 1.97. The van der Waals surface area contributed by atoms with Crippen molar-refractivity contribution < 1.29 is 0 Å². The first-order valence-corrected chi connectivity index (χ1v) is 3.22. The van der Waals surface area contributed by atoms with E-state index in [9.17, 15) is 0 Å². The Morgan fingerprint density at radius 2 is 2.45 bits per heavy atom. The molecule has 1 rings (SSSR count). The summed E-state index contributed by atoms with van der Waals surface area (Å²) >= 11 is 0. The molecule has 0 amide bonds. The summed E-state index contributed by atoms with van der Waals surface area (Å²) in [5, 5.41) is 11.2. The number of pyridine rings is 1. The zero-order valence-electron chi connectivity index (χ0n) is 6.04. The molecule has 0 aliphatic rings. The minimum absolute atomic E-state index is 0.442. The van der Waals surface area contributed by atoms with Gasteiger partial charge in [0.2, 0.25) is 0 Å². The van der Waals surface area contributed by atoms with Crippen LogP contribution in [-0.2, 0) is 6.54 Å². The lowest BCUT2D eigenvalue weighted by Gasteiger charge is -1.96. The molecule has 0 aromatic carbocycles. The van der Waals surface area contributed by atoms with Crippen LogP contribution in [-0.4, -0.2) is 4.98 Å². The zero-order chi connectivity index (χ0) is 8.10.